The van der Waals surface area contributed by atoms with E-state index in [1.165, 1.54) is 16.0 Å². The van der Waals surface area contributed by atoms with Crippen LogP contribution in [-0.2, 0) is 5.41 Å². The Morgan fingerprint density at radius 1 is 0.950 bits per heavy atom. The second-order valence-corrected chi connectivity index (χ2v) is 8.16. The number of thioether (sulfide) groups is 1. The monoisotopic (exact) mass is 284 g/mol. The van der Waals surface area contributed by atoms with Crippen molar-refractivity contribution >= 4 is 11.8 Å². The molecule has 2 aromatic carbocycles. The van der Waals surface area contributed by atoms with Crippen LogP contribution in [0.2, 0.25) is 0 Å². The molecular formula is C18H20OS. The van der Waals surface area contributed by atoms with Gasteiger partial charge in [-0.15, -0.1) is 11.8 Å². The minimum Gasteiger partial charge on any atom is -0.508 e. The lowest BCUT2D eigenvalue weighted by atomic mass is 9.70. The summed E-state index contributed by atoms with van der Waals surface area (Å²) in [5.41, 5.74) is 2.67. The van der Waals surface area contributed by atoms with Gasteiger partial charge < -0.3 is 5.11 Å². The van der Waals surface area contributed by atoms with Crippen molar-refractivity contribution in [3.63, 3.8) is 0 Å². The molecule has 0 unspecified atom stereocenters. The number of benzene rings is 2. The molecular weight excluding hydrogens is 264 g/mol. The van der Waals surface area contributed by atoms with Crippen LogP contribution in [0.25, 0.3) is 0 Å². The lowest BCUT2D eigenvalue weighted by molar-refractivity contribution is 0.436. The third-order valence-corrected chi connectivity index (χ3v) is 5.42. The Labute approximate surface area is 125 Å². The lowest BCUT2D eigenvalue weighted by Crippen LogP contribution is -2.36. The summed E-state index contributed by atoms with van der Waals surface area (Å²) in [6.45, 7) is 6.94. The Hall–Kier alpha value is -1.41. The van der Waals surface area contributed by atoms with E-state index in [1.807, 2.05) is 11.8 Å². The van der Waals surface area contributed by atoms with Crippen molar-refractivity contribution in [1.82, 2.24) is 0 Å². The summed E-state index contributed by atoms with van der Waals surface area (Å²) < 4.78 is 0.209. The first kappa shape index (κ1) is 13.6. The summed E-state index contributed by atoms with van der Waals surface area (Å²) in [7, 11) is 0. The van der Waals surface area contributed by atoms with Crippen molar-refractivity contribution in [2.45, 2.75) is 42.2 Å². The molecule has 0 radical (unpaired) electrons. The van der Waals surface area contributed by atoms with Gasteiger partial charge >= 0.3 is 0 Å². The molecule has 0 amide bonds. The van der Waals surface area contributed by atoms with Gasteiger partial charge in [0, 0.05) is 15.1 Å². The molecule has 3 rings (SSSR count). The normalized spacial score (nSPS) is 24.1. The van der Waals surface area contributed by atoms with Gasteiger partial charge in [-0.3, -0.25) is 0 Å². The van der Waals surface area contributed by atoms with Gasteiger partial charge in [0.05, 0.1) is 0 Å². The highest BCUT2D eigenvalue weighted by Crippen LogP contribution is 2.53. The van der Waals surface area contributed by atoms with Crippen LogP contribution in [0.4, 0.5) is 0 Å². The lowest BCUT2D eigenvalue weighted by Gasteiger charge is -2.44. The predicted octanol–water partition coefficient (Wildman–Crippen LogP) is 4.97. The van der Waals surface area contributed by atoms with Gasteiger partial charge in [0.15, 0.2) is 0 Å². The molecule has 0 saturated carbocycles. The molecule has 0 bridgehead atoms. The number of phenols is 1. The van der Waals surface area contributed by atoms with Gasteiger partial charge in [-0.2, -0.15) is 0 Å². The number of hydrogen-bond donors (Lipinski definition) is 1. The van der Waals surface area contributed by atoms with Crippen molar-refractivity contribution in [3.8, 4) is 5.75 Å². The number of aromatic hydroxyl groups is 1. The Bertz CT molecular complexity index is 630. The van der Waals surface area contributed by atoms with E-state index in [0.29, 0.717) is 5.75 Å². The largest absolute Gasteiger partial charge is 0.508 e. The van der Waals surface area contributed by atoms with Gasteiger partial charge in [0.2, 0.25) is 0 Å². The molecule has 1 heterocycles. The summed E-state index contributed by atoms with van der Waals surface area (Å²) in [5, 5.41) is 9.53. The minimum absolute atomic E-state index is 0.000949. The van der Waals surface area contributed by atoms with Crippen molar-refractivity contribution in [3.05, 3.63) is 59.7 Å². The molecule has 0 saturated heterocycles. The summed E-state index contributed by atoms with van der Waals surface area (Å²) in [6, 6.07) is 16.4. The Kier molecular flexibility index (Phi) is 3.09. The van der Waals surface area contributed by atoms with E-state index in [1.54, 1.807) is 12.1 Å². The fourth-order valence-electron chi connectivity index (χ4n) is 3.38. The maximum Gasteiger partial charge on any atom is 0.115 e. The smallest absolute Gasteiger partial charge is 0.115 e. The zero-order chi connectivity index (χ0) is 14.4. The molecule has 1 N–H and O–H groups in total. The first-order valence-corrected chi connectivity index (χ1v) is 7.80. The maximum atomic E-state index is 9.53. The van der Waals surface area contributed by atoms with Crippen molar-refractivity contribution in [1.29, 1.82) is 0 Å². The second-order valence-electron chi connectivity index (χ2n) is 6.41. The van der Waals surface area contributed by atoms with Crippen LogP contribution >= 0.6 is 11.8 Å². The van der Waals surface area contributed by atoms with Crippen LogP contribution in [0, 0.1) is 0 Å². The minimum atomic E-state index is -0.000949. The highest BCUT2D eigenvalue weighted by Gasteiger charge is 2.41. The van der Waals surface area contributed by atoms with Crippen LogP contribution in [0.3, 0.4) is 0 Å². The molecule has 0 fully saturated rings. The SMILES string of the molecule is CC1(C)C[C@@](C)(c2ccc(O)cc2)c2ccccc2S1. The molecule has 0 aromatic heterocycles. The number of fused-ring (bicyclic) bond motifs is 1. The van der Waals surface area contributed by atoms with E-state index in [2.05, 4.69) is 57.2 Å². The molecule has 2 heteroatoms. The fourth-order valence-corrected chi connectivity index (χ4v) is 4.88. The molecule has 20 heavy (non-hydrogen) atoms. The predicted molar refractivity (Wildman–Crippen MR) is 85.6 cm³/mol. The summed E-state index contributed by atoms with van der Waals surface area (Å²) in [6.07, 6.45) is 1.09. The Balaban J connectivity index is 2.18. The summed E-state index contributed by atoms with van der Waals surface area (Å²) >= 11 is 1.96. The number of hydrogen-bond acceptors (Lipinski definition) is 2. The molecule has 0 spiro atoms. The first-order valence-electron chi connectivity index (χ1n) is 6.99. The Morgan fingerprint density at radius 2 is 1.60 bits per heavy atom. The van der Waals surface area contributed by atoms with Gasteiger partial charge in [0.25, 0.3) is 0 Å². The number of rotatable bonds is 1. The van der Waals surface area contributed by atoms with Crippen molar-refractivity contribution in [2.75, 3.05) is 0 Å². The van der Waals surface area contributed by atoms with E-state index >= 15 is 0 Å². The van der Waals surface area contributed by atoms with E-state index in [0.717, 1.165) is 6.42 Å². The average Bonchev–Trinajstić information content (AvgIpc) is 2.38. The van der Waals surface area contributed by atoms with Crippen LogP contribution in [0.1, 0.15) is 38.3 Å². The molecule has 2 aromatic rings. The van der Waals surface area contributed by atoms with Crippen LogP contribution in [0.15, 0.2) is 53.4 Å². The van der Waals surface area contributed by atoms with Gasteiger partial charge in [-0.1, -0.05) is 51.1 Å². The summed E-state index contributed by atoms with van der Waals surface area (Å²) in [4.78, 5) is 1.37. The molecule has 1 aliphatic rings. The van der Waals surface area contributed by atoms with E-state index in [-0.39, 0.29) is 10.2 Å². The molecule has 1 atom stereocenters. The van der Waals surface area contributed by atoms with Crippen LogP contribution < -0.4 is 0 Å². The molecule has 1 aliphatic heterocycles. The maximum absolute atomic E-state index is 9.53. The standard InChI is InChI=1S/C18H20OS/c1-17(2)12-18(3,13-8-10-14(19)11-9-13)15-6-4-5-7-16(15)20-17/h4-11,19H,12H2,1-3H3/t18-/m0/s1. The Morgan fingerprint density at radius 3 is 2.30 bits per heavy atom. The zero-order valence-electron chi connectivity index (χ0n) is 12.2. The van der Waals surface area contributed by atoms with Crippen molar-refractivity contribution in [2.24, 2.45) is 0 Å². The molecule has 1 nitrogen and oxygen atoms in total. The number of phenolic OH excluding ortho intramolecular Hbond substituents is 1. The van der Waals surface area contributed by atoms with Gasteiger partial charge in [0.1, 0.15) is 5.75 Å². The third-order valence-electron chi connectivity index (χ3n) is 4.15. The van der Waals surface area contributed by atoms with E-state index in [9.17, 15) is 5.11 Å². The highest BCUT2D eigenvalue weighted by atomic mass is 32.2. The second kappa shape index (κ2) is 4.56. The zero-order valence-corrected chi connectivity index (χ0v) is 13.0. The van der Waals surface area contributed by atoms with Gasteiger partial charge in [-0.25, -0.2) is 0 Å². The summed E-state index contributed by atoms with van der Waals surface area (Å²) in [5.74, 6) is 0.329. The third kappa shape index (κ3) is 2.22. The van der Waals surface area contributed by atoms with Crippen LogP contribution in [-0.4, -0.2) is 9.85 Å². The highest BCUT2D eigenvalue weighted by molar-refractivity contribution is 8.00. The molecule has 0 aliphatic carbocycles. The first-order chi connectivity index (χ1) is 9.41. The fraction of sp³-hybridized carbons (Fsp3) is 0.333. The average molecular weight is 284 g/mol. The van der Waals surface area contributed by atoms with Gasteiger partial charge in [-0.05, 0) is 35.7 Å². The van der Waals surface area contributed by atoms with Crippen LogP contribution in [0.5, 0.6) is 5.75 Å². The topological polar surface area (TPSA) is 20.2 Å². The van der Waals surface area contributed by atoms with E-state index < -0.39 is 0 Å². The molecule has 104 valence electrons. The van der Waals surface area contributed by atoms with Crippen molar-refractivity contribution < 1.29 is 5.11 Å². The van der Waals surface area contributed by atoms with E-state index in [4.69, 9.17) is 0 Å². The quantitative estimate of drug-likeness (QED) is 0.797.